The molecule has 192 valence electrons. The molecule has 1 aliphatic carbocycles. The van der Waals surface area contributed by atoms with Gasteiger partial charge in [-0.1, -0.05) is 48.5 Å². The van der Waals surface area contributed by atoms with E-state index in [1.54, 1.807) is 20.8 Å². The predicted molar refractivity (Wildman–Crippen MR) is 135 cm³/mol. The highest BCUT2D eigenvalue weighted by Gasteiger charge is 2.30. The summed E-state index contributed by atoms with van der Waals surface area (Å²) in [6.07, 6.45) is 1.12. The summed E-state index contributed by atoms with van der Waals surface area (Å²) < 4.78 is 10.6. The standard InChI is InChI=1S/C27H28N4O6/c1-27(2,3)37-26(35)31-24-28-13-16(14-29-24)12-22(23(32)33)30-25(34)36-15-21-19-10-6-4-8-17(19)18-9-5-7-11-20(18)21/h4-11,13-14,21-22H,12,15H2,1-3H3,(H,30,34)(H,32,33)(H,28,29,31,35)/t22-/m0/s1. The number of alkyl carbamates (subject to hydrolysis) is 1. The molecule has 0 bridgehead atoms. The monoisotopic (exact) mass is 504 g/mol. The van der Waals surface area contributed by atoms with E-state index in [1.165, 1.54) is 12.4 Å². The number of nitrogens with zero attached hydrogens (tertiary/aromatic N) is 2. The molecule has 1 aliphatic rings. The van der Waals surface area contributed by atoms with E-state index >= 15 is 0 Å². The molecule has 0 radical (unpaired) electrons. The minimum atomic E-state index is -1.26. The summed E-state index contributed by atoms with van der Waals surface area (Å²) >= 11 is 0. The van der Waals surface area contributed by atoms with Gasteiger partial charge in [-0.15, -0.1) is 0 Å². The maximum Gasteiger partial charge on any atom is 0.414 e. The molecule has 3 aromatic rings. The highest BCUT2D eigenvalue weighted by Crippen LogP contribution is 2.44. The first-order valence-electron chi connectivity index (χ1n) is 11.8. The maximum atomic E-state index is 12.5. The molecule has 2 aromatic carbocycles. The van der Waals surface area contributed by atoms with Crippen LogP contribution in [-0.2, 0) is 20.7 Å². The molecule has 10 heteroatoms. The average molecular weight is 505 g/mol. The lowest BCUT2D eigenvalue weighted by molar-refractivity contribution is -0.139. The third-order valence-corrected chi connectivity index (χ3v) is 5.69. The molecule has 0 saturated carbocycles. The van der Waals surface area contributed by atoms with E-state index < -0.39 is 29.8 Å². The van der Waals surface area contributed by atoms with E-state index in [-0.39, 0.29) is 24.9 Å². The molecule has 3 N–H and O–H groups in total. The number of rotatable bonds is 7. The summed E-state index contributed by atoms with van der Waals surface area (Å²) in [5.74, 6) is -1.36. The normalized spacial score (nSPS) is 13.2. The number of hydrogen-bond donors (Lipinski definition) is 3. The molecule has 1 aromatic heterocycles. The third kappa shape index (κ3) is 6.40. The summed E-state index contributed by atoms with van der Waals surface area (Å²) in [6.45, 7) is 5.25. The van der Waals surface area contributed by atoms with Crippen LogP contribution in [0.5, 0.6) is 0 Å². The summed E-state index contributed by atoms with van der Waals surface area (Å²) in [7, 11) is 0. The molecule has 1 heterocycles. The van der Waals surface area contributed by atoms with Gasteiger partial charge in [0.2, 0.25) is 5.95 Å². The zero-order chi connectivity index (χ0) is 26.6. The Hall–Kier alpha value is -4.47. The largest absolute Gasteiger partial charge is 0.480 e. The summed E-state index contributed by atoms with van der Waals surface area (Å²) in [4.78, 5) is 44.2. The van der Waals surface area contributed by atoms with Crippen molar-refractivity contribution in [2.75, 3.05) is 11.9 Å². The van der Waals surface area contributed by atoms with Gasteiger partial charge in [0.25, 0.3) is 0 Å². The SMILES string of the molecule is CC(C)(C)OC(=O)Nc1ncc(C[C@H](NC(=O)OCC2c3ccccc3-c3ccccc32)C(=O)O)cn1. The van der Waals surface area contributed by atoms with Crippen LogP contribution < -0.4 is 10.6 Å². The molecule has 2 amide bonds. The smallest absolute Gasteiger partial charge is 0.414 e. The van der Waals surface area contributed by atoms with Crippen molar-refractivity contribution < 1.29 is 29.0 Å². The fraction of sp³-hybridized carbons (Fsp3) is 0.296. The van der Waals surface area contributed by atoms with Crippen LogP contribution in [0.3, 0.4) is 0 Å². The molecule has 0 fully saturated rings. The van der Waals surface area contributed by atoms with Crippen LogP contribution in [0, 0.1) is 0 Å². The second-order valence-corrected chi connectivity index (χ2v) is 9.61. The first-order valence-corrected chi connectivity index (χ1v) is 11.8. The molecule has 37 heavy (non-hydrogen) atoms. The van der Waals surface area contributed by atoms with Crippen molar-refractivity contribution in [3.8, 4) is 11.1 Å². The van der Waals surface area contributed by atoms with Crippen molar-refractivity contribution in [1.29, 1.82) is 0 Å². The van der Waals surface area contributed by atoms with E-state index in [0.717, 1.165) is 22.3 Å². The van der Waals surface area contributed by atoms with Gasteiger partial charge in [-0.05, 0) is 48.6 Å². The van der Waals surface area contributed by atoms with Crippen molar-refractivity contribution >= 4 is 24.1 Å². The molecule has 0 unspecified atom stereocenters. The van der Waals surface area contributed by atoms with E-state index in [1.807, 2.05) is 48.5 Å². The number of carbonyl (C=O) groups excluding carboxylic acids is 2. The Balaban J connectivity index is 1.34. The zero-order valence-corrected chi connectivity index (χ0v) is 20.7. The fourth-order valence-corrected chi connectivity index (χ4v) is 4.14. The lowest BCUT2D eigenvalue weighted by Crippen LogP contribution is -2.43. The summed E-state index contributed by atoms with van der Waals surface area (Å²) in [5, 5.41) is 14.4. The number of carboxylic acid groups (broad SMARTS) is 1. The summed E-state index contributed by atoms with van der Waals surface area (Å²) in [6, 6.07) is 14.6. The molecule has 0 aliphatic heterocycles. The molecule has 4 rings (SSSR count). The molecule has 1 atom stereocenters. The Morgan fingerprint density at radius 2 is 1.51 bits per heavy atom. The zero-order valence-electron chi connectivity index (χ0n) is 20.7. The molecular formula is C27H28N4O6. The molecule has 0 spiro atoms. The number of hydrogen-bond acceptors (Lipinski definition) is 7. The van der Waals surface area contributed by atoms with Crippen LogP contribution in [0.25, 0.3) is 11.1 Å². The number of carbonyl (C=O) groups is 3. The number of aromatic nitrogens is 2. The predicted octanol–water partition coefficient (Wildman–Crippen LogP) is 4.36. The van der Waals surface area contributed by atoms with Crippen molar-refractivity contribution in [1.82, 2.24) is 15.3 Å². The Morgan fingerprint density at radius 3 is 2.05 bits per heavy atom. The lowest BCUT2D eigenvalue weighted by atomic mass is 9.98. The highest BCUT2D eigenvalue weighted by atomic mass is 16.6. The van der Waals surface area contributed by atoms with Crippen LogP contribution in [0.4, 0.5) is 15.5 Å². The second-order valence-electron chi connectivity index (χ2n) is 9.61. The van der Waals surface area contributed by atoms with Gasteiger partial charge in [0.05, 0.1) is 0 Å². The van der Waals surface area contributed by atoms with Gasteiger partial charge < -0.3 is 19.9 Å². The van der Waals surface area contributed by atoms with E-state index in [9.17, 15) is 19.5 Å². The van der Waals surface area contributed by atoms with Gasteiger partial charge in [-0.2, -0.15) is 0 Å². The number of benzene rings is 2. The van der Waals surface area contributed by atoms with Gasteiger partial charge in [0.1, 0.15) is 18.2 Å². The topological polar surface area (TPSA) is 140 Å². The quantitative estimate of drug-likeness (QED) is 0.431. The Bertz CT molecular complexity index is 1260. The average Bonchev–Trinajstić information content (AvgIpc) is 3.16. The molecular weight excluding hydrogens is 476 g/mol. The van der Waals surface area contributed by atoms with Crippen LogP contribution in [-0.4, -0.2) is 51.5 Å². The first-order chi connectivity index (χ1) is 17.6. The number of ether oxygens (including phenoxy) is 2. The minimum absolute atomic E-state index is 0.00868. The summed E-state index contributed by atoms with van der Waals surface area (Å²) in [5.41, 5.74) is 4.08. The maximum absolute atomic E-state index is 12.5. The minimum Gasteiger partial charge on any atom is -0.480 e. The fourth-order valence-electron chi connectivity index (χ4n) is 4.14. The van der Waals surface area contributed by atoms with Crippen LogP contribution >= 0.6 is 0 Å². The number of nitrogens with one attached hydrogen (secondary N) is 2. The van der Waals surface area contributed by atoms with Crippen molar-refractivity contribution in [2.45, 2.75) is 44.8 Å². The van der Waals surface area contributed by atoms with Crippen LogP contribution in [0.15, 0.2) is 60.9 Å². The van der Waals surface area contributed by atoms with E-state index in [4.69, 9.17) is 9.47 Å². The van der Waals surface area contributed by atoms with Crippen LogP contribution in [0.1, 0.15) is 43.4 Å². The third-order valence-electron chi connectivity index (χ3n) is 5.69. The number of carboxylic acids is 1. The number of aliphatic carboxylic acids is 1. The number of anilines is 1. The number of fused-ring (bicyclic) bond motifs is 3. The van der Waals surface area contributed by atoms with E-state index in [2.05, 4.69) is 20.6 Å². The van der Waals surface area contributed by atoms with Crippen molar-refractivity contribution in [3.05, 3.63) is 77.6 Å². The highest BCUT2D eigenvalue weighted by molar-refractivity contribution is 5.83. The van der Waals surface area contributed by atoms with Gasteiger partial charge in [0.15, 0.2) is 0 Å². The van der Waals surface area contributed by atoms with Gasteiger partial charge in [0, 0.05) is 24.7 Å². The molecule has 10 nitrogen and oxygen atoms in total. The van der Waals surface area contributed by atoms with Crippen molar-refractivity contribution in [2.24, 2.45) is 0 Å². The molecule has 0 saturated heterocycles. The van der Waals surface area contributed by atoms with E-state index in [0.29, 0.717) is 5.56 Å². The van der Waals surface area contributed by atoms with Gasteiger partial charge in [-0.3, -0.25) is 5.32 Å². The Morgan fingerprint density at radius 1 is 0.946 bits per heavy atom. The van der Waals surface area contributed by atoms with Gasteiger partial charge in [-0.25, -0.2) is 24.4 Å². The van der Waals surface area contributed by atoms with Crippen molar-refractivity contribution in [3.63, 3.8) is 0 Å². The Labute approximate surface area is 214 Å². The van der Waals surface area contributed by atoms with Crippen LogP contribution in [0.2, 0.25) is 0 Å². The van der Waals surface area contributed by atoms with Gasteiger partial charge >= 0.3 is 18.2 Å². The lowest BCUT2D eigenvalue weighted by Gasteiger charge is -2.19. The second kappa shape index (κ2) is 10.7. The number of amides is 2. The Kier molecular flexibility index (Phi) is 7.37. The first kappa shape index (κ1) is 25.6.